The second-order valence-electron chi connectivity index (χ2n) is 5.58. The predicted molar refractivity (Wildman–Crippen MR) is 65.5 cm³/mol. The highest BCUT2D eigenvalue weighted by atomic mass is 16.3. The van der Waals surface area contributed by atoms with Crippen LogP contribution in [0.15, 0.2) is 18.7 Å². The maximum absolute atomic E-state index is 10.1. The van der Waals surface area contributed by atoms with Crippen LogP contribution in [0.4, 0.5) is 0 Å². The van der Waals surface area contributed by atoms with Crippen molar-refractivity contribution in [3.8, 4) is 0 Å². The topological polar surface area (TPSA) is 41.1 Å². The number of likely N-dealkylation sites (tertiary alicyclic amines) is 1. The minimum Gasteiger partial charge on any atom is -0.390 e. The van der Waals surface area contributed by atoms with E-state index >= 15 is 0 Å². The molecule has 1 aromatic rings. The third-order valence-electron chi connectivity index (χ3n) is 4.26. The van der Waals surface area contributed by atoms with E-state index in [0.29, 0.717) is 6.54 Å². The van der Waals surface area contributed by atoms with E-state index in [2.05, 4.69) is 16.8 Å². The summed E-state index contributed by atoms with van der Waals surface area (Å²) in [4.78, 5) is 6.48. The zero-order valence-corrected chi connectivity index (χ0v) is 10.4. The van der Waals surface area contributed by atoms with Gasteiger partial charge in [0.05, 0.1) is 19.0 Å². The molecule has 2 aliphatic rings. The molecule has 17 heavy (non-hydrogen) atoms. The maximum atomic E-state index is 10.1. The predicted octanol–water partition coefficient (Wildman–Crippen LogP) is 1.12. The molecule has 1 aromatic heterocycles. The summed E-state index contributed by atoms with van der Waals surface area (Å²) >= 11 is 0. The van der Waals surface area contributed by atoms with Crippen LogP contribution in [0.1, 0.15) is 26.2 Å². The lowest BCUT2D eigenvalue weighted by atomic mass is 9.91. The highest BCUT2D eigenvalue weighted by molar-refractivity contribution is 5.07. The summed E-state index contributed by atoms with van der Waals surface area (Å²) in [5, 5.41) is 10.1. The first-order valence-electron chi connectivity index (χ1n) is 6.65. The molecule has 3 rings (SSSR count). The molecule has 94 valence electrons. The number of aromatic nitrogens is 2. The fourth-order valence-corrected chi connectivity index (χ4v) is 3.41. The molecule has 1 aliphatic carbocycles. The molecule has 2 heterocycles. The Morgan fingerprint density at radius 1 is 1.41 bits per heavy atom. The summed E-state index contributed by atoms with van der Waals surface area (Å²) in [6, 6.07) is 1.51. The number of hydrogen-bond acceptors (Lipinski definition) is 3. The molecule has 0 spiro atoms. The van der Waals surface area contributed by atoms with Crippen molar-refractivity contribution in [1.82, 2.24) is 14.5 Å². The lowest BCUT2D eigenvalue weighted by Gasteiger charge is -2.14. The molecular formula is C13H21N3O. The van der Waals surface area contributed by atoms with Crippen LogP contribution < -0.4 is 0 Å². The third kappa shape index (κ3) is 2.24. The number of rotatable bonds is 4. The van der Waals surface area contributed by atoms with Gasteiger partial charge in [0.15, 0.2) is 0 Å². The first-order valence-corrected chi connectivity index (χ1v) is 6.65. The number of aliphatic hydroxyl groups is 1. The van der Waals surface area contributed by atoms with E-state index in [0.717, 1.165) is 24.5 Å². The van der Waals surface area contributed by atoms with E-state index in [1.807, 2.05) is 10.8 Å². The van der Waals surface area contributed by atoms with E-state index in [1.54, 1.807) is 12.5 Å². The summed E-state index contributed by atoms with van der Waals surface area (Å²) in [5.41, 5.74) is 0. The quantitative estimate of drug-likeness (QED) is 0.795. The molecule has 1 N–H and O–H groups in total. The molecule has 0 aromatic carbocycles. The molecule has 0 bridgehead atoms. The number of fused-ring (bicyclic) bond motifs is 1. The summed E-state index contributed by atoms with van der Waals surface area (Å²) in [5.74, 6) is 0.814. The Balaban J connectivity index is 1.51. The molecule has 0 radical (unpaired) electrons. The van der Waals surface area contributed by atoms with Crippen LogP contribution in [0.2, 0.25) is 0 Å². The van der Waals surface area contributed by atoms with Crippen LogP contribution in [0.5, 0.6) is 0 Å². The highest BCUT2D eigenvalue weighted by Gasteiger charge is 2.51. The van der Waals surface area contributed by atoms with Gasteiger partial charge in [0.25, 0.3) is 0 Å². The largest absolute Gasteiger partial charge is 0.390 e. The van der Waals surface area contributed by atoms with Gasteiger partial charge in [-0.2, -0.15) is 0 Å². The molecular weight excluding hydrogens is 214 g/mol. The summed E-state index contributed by atoms with van der Waals surface area (Å²) in [6.45, 7) is 3.82. The Labute approximate surface area is 102 Å². The second-order valence-corrected chi connectivity index (χ2v) is 5.58. The number of hydrogen-bond donors (Lipinski definition) is 1. The molecule has 4 heteroatoms. The van der Waals surface area contributed by atoms with Crippen LogP contribution in [-0.4, -0.2) is 44.3 Å². The van der Waals surface area contributed by atoms with E-state index in [4.69, 9.17) is 0 Å². The van der Waals surface area contributed by atoms with Crippen molar-refractivity contribution < 1.29 is 5.11 Å². The first-order chi connectivity index (χ1) is 8.25. The highest BCUT2D eigenvalue weighted by Crippen LogP contribution is 2.43. The second kappa shape index (κ2) is 4.42. The van der Waals surface area contributed by atoms with Crippen molar-refractivity contribution in [2.75, 3.05) is 6.54 Å². The standard InChI is InChI=1S/C13H21N3O/c1-10-3-2-4-12-13(10)16(12)8-11(17)7-15-6-5-14-9-15/h5-6,9-13,17H,2-4,7-8H2,1H3. The molecule has 5 unspecified atom stereocenters. The normalized spacial score (nSPS) is 37.5. The lowest BCUT2D eigenvalue weighted by molar-refractivity contribution is 0.128. The van der Waals surface area contributed by atoms with E-state index < -0.39 is 0 Å². The molecule has 1 saturated carbocycles. The molecule has 0 amide bonds. The molecule has 1 aliphatic heterocycles. The van der Waals surface area contributed by atoms with Gasteiger partial charge in [-0.25, -0.2) is 4.98 Å². The monoisotopic (exact) mass is 235 g/mol. The van der Waals surface area contributed by atoms with Crippen molar-refractivity contribution >= 4 is 0 Å². The average molecular weight is 235 g/mol. The van der Waals surface area contributed by atoms with Crippen LogP contribution >= 0.6 is 0 Å². The Kier molecular flexibility index (Phi) is 2.92. The third-order valence-corrected chi connectivity index (χ3v) is 4.26. The van der Waals surface area contributed by atoms with Crippen LogP contribution in [0.3, 0.4) is 0 Å². The summed E-state index contributed by atoms with van der Waals surface area (Å²) in [6.07, 6.45) is 9.19. The summed E-state index contributed by atoms with van der Waals surface area (Å²) < 4.78 is 1.95. The minimum atomic E-state index is -0.276. The van der Waals surface area contributed by atoms with Crippen LogP contribution in [-0.2, 0) is 6.54 Å². The molecule has 2 fully saturated rings. The van der Waals surface area contributed by atoms with Crippen molar-refractivity contribution in [3.05, 3.63) is 18.7 Å². The number of imidazole rings is 1. The van der Waals surface area contributed by atoms with Crippen LogP contribution in [0.25, 0.3) is 0 Å². The van der Waals surface area contributed by atoms with Gasteiger partial charge in [0.1, 0.15) is 0 Å². The van der Waals surface area contributed by atoms with Crippen molar-refractivity contribution in [1.29, 1.82) is 0 Å². The SMILES string of the molecule is CC1CCCC2C1N2CC(O)Cn1ccnc1. The molecule has 1 saturated heterocycles. The smallest absolute Gasteiger partial charge is 0.0946 e. The number of aliphatic hydroxyl groups excluding tert-OH is 1. The Morgan fingerprint density at radius 2 is 2.29 bits per heavy atom. The van der Waals surface area contributed by atoms with E-state index in [-0.39, 0.29) is 6.10 Å². The van der Waals surface area contributed by atoms with Gasteiger partial charge in [0, 0.05) is 31.0 Å². The average Bonchev–Trinajstić information content (AvgIpc) is 2.76. The van der Waals surface area contributed by atoms with Gasteiger partial charge in [0.2, 0.25) is 0 Å². The van der Waals surface area contributed by atoms with Gasteiger partial charge >= 0.3 is 0 Å². The lowest BCUT2D eigenvalue weighted by Crippen LogP contribution is -2.26. The number of nitrogens with zero attached hydrogens (tertiary/aromatic N) is 3. The Bertz CT molecular complexity index is 365. The first kappa shape index (κ1) is 11.2. The Hall–Kier alpha value is -0.870. The van der Waals surface area contributed by atoms with Crippen molar-refractivity contribution in [2.24, 2.45) is 5.92 Å². The number of β-amino-alcohol motifs (C(OH)–C–C–N with tert-alkyl or cyclic N) is 1. The van der Waals surface area contributed by atoms with Gasteiger partial charge in [-0.3, -0.25) is 4.90 Å². The van der Waals surface area contributed by atoms with Crippen molar-refractivity contribution in [2.45, 2.75) is 50.9 Å². The maximum Gasteiger partial charge on any atom is 0.0946 e. The van der Waals surface area contributed by atoms with Crippen molar-refractivity contribution in [3.63, 3.8) is 0 Å². The van der Waals surface area contributed by atoms with Crippen LogP contribution in [0, 0.1) is 5.92 Å². The van der Waals surface area contributed by atoms with Gasteiger partial charge in [-0.15, -0.1) is 0 Å². The fraction of sp³-hybridized carbons (Fsp3) is 0.769. The summed E-state index contributed by atoms with van der Waals surface area (Å²) in [7, 11) is 0. The van der Waals surface area contributed by atoms with Gasteiger partial charge < -0.3 is 9.67 Å². The fourth-order valence-electron chi connectivity index (χ4n) is 3.41. The Morgan fingerprint density at radius 3 is 3.00 bits per heavy atom. The van der Waals surface area contributed by atoms with Gasteiger partial charge in [-0.05, 0) is 18.8 Å². The van der Waals surface area contributed by atoms with E-state index in [9.17, 15) is 5.11 Å². The zero-order valence-electron chi connectivity index (χ0n) is 10.4. The van der Waals surface area contributed by atoms with E-state index in [1.165, 1.54) is 19.3 Å². The molecule has 5 atom stereocenters. The minimum absolute atomic E-state index is 0.276. The zero-order chi connectivity index (χ0) is 11.8. The molecule has 4 nitrogen and oxygen atoms in total. The van der Waals surface area contributed by atoms with Gasteiger partial charge in [-0.1, -0.05) is 13.3 Å².